The molecule has 0 bridgehead atoms. The van der Waals surface area contributed by atoms with Crippen molar-refractivity contribution in [3.63, 3.8) is 0 Å². The van der Waals surface area contributed by atoms with Crippen LogP contribution >= 0.6 is 15.9 Å². The molecular weight excluding hydrogens is 299 g/mol. The summed E-state index contributed by atoms with van der Waals surface area (Å²) in [6.07, 6.45) is 4.22. The first-order chi connectivity index (χ1) is 8.41. The number of halogens is 2. The lowest BCUT2D eigenvalue weighted by Crippen LogP contribution is -2.43. The standard InChI is InChI=1S/C13H16BrFN2O/c1-13(4-2-3-5-13)17-12(18)8-6-11(16)10(15)7-9(8)14/h6-7H,2-5,16H2,1H3,(H,17,18). The minimum atomic E-state index is -0.523. The van der Waals surface area contributed by atoms with E-state index >= 15 is 0 Å². The van der Waals surface area contributed by atoms with Crippen molar-refractivity contribution >= 4 is 27.5 Å². The number of carbonyl (C=O) groups excluding carboxylic acids is 1. The quantitative estimate of drug-likeness (QED) is 0.823. The van der Waals surface area contributed by atoms with Gasteiger partial charge in [0.15, 0.2) is 0 Å². The molecule has 0 saturated heterocycles. The summed E-state index contributed by atoms with van der Waals surface area (Å²) in [5, 5.41) is 3.01. The van der Waals surface area contributed by atoms with E-state index in [9.17, 15) is 9.18 Å². The molecule has 1 aliphatic carbocycles. The second-order valence-electron chi connectivity index (χ2n) is 5.08. The van der Waals surface area contributed by atoms with Gasteiger partial charge in [0, 0.05) is 10.0 Å². The highest BCUT2D eigenvalue weighted by Crippen LogP contribution is 2.30. The third-order valence-corrected chi connectivity index (χ3v) is 4.11. The molecule has 1 saturated carbocycles. The third-order valence-electron chi connectivity index (χ3n) is 3.45. The summed E-state index contributed by atoms with van der Waals surface area (Å²) in [4.78, 5) is 12.2. The smallest absolute Gasteiger partial charge is 0.252 e. The van der Waals surface area contributed by atoms with Crippen LogP contribution in [-0.2, 0) is 0 Å². The van der Waals surface area contributed by atoms with Crippen molar-refractivity contribution in [2.45, 2.75) is 38.1 Å². The molecule has 0 aromatic heterocycles. The summed E-state index contributed by atoms with van der Waals surface area (Å²) in [6.45, 7) is 2.04. The molecule has 3 nitrogen and oxygen atoms in total. The van der Waals surface area contributed by atoms with E-state index in [1.165, 1.54) is 12.1 Å². The van der Waals surface area contributed by atoms with E-state index in [0.29, 0.717) is 10.0 Å². The molecular formula is C13H16BrFN2O. The van der Waals surface area contributed by atoms with Crippen molar-refractivity contribution in [1.82, 2.24) is 5.32 Å². The van der Waals surface area contributed by atoms with E-state index in [0.717, 1.165) is 25.7 Å². The van der Waals surface area contributed by atoms with Gasteiger partial charge in [-0.25, -0.2) is 4.39 Å². The van der Waals surface area contributed by atoms with Crippen LogP contribution in [-0.4, -0.2) is 11.4 Å². The summed E-state index contributed by atoms with van der Waals surface area (Å²) in [7, 11) is 0. The summed E-state index contributed by atoms with van der Waals surface area (Å²) in [5.74, 6) is -0.733. The van der Waals surface area contributed by atoms with Gasteiger partial charge in [0.1, 0.15) is 5.82 Å². The Morgan fingerprint density at radius 2 is 2.06 bits per heavy atom. The number of hydrogen-bond donors (Lipinski definition) is 2. The van der Waals surface area contributed by atoms with Crippen LogP contribution in [0.4, 0.5) is 10.1 Å². The largest absolute Gasteiger partial charge is 0.396 e. The Labute approximate surface area is 114 Å². The maximum Gasteiger partial charge on any atom is 0.252 e. The Kier molecular flexibility index (Phi) is 3.61. The lowest BCUT2D eigenvalue weighted by atomic mass is 10.00. The molecule has 5 heteroatoms. The van der Waals surface area contributed by atoms with Gasteiger partial charge in [0.05, 0.1) is 11.3 Å². The number of nitrogens with two attached hydrogens (primary N) is 1. The van der Waals surface area contributed by atoms with Crippen LogP contribution in [0.2, 0.25) is 0 Å². The highest BCUT2D eigenvalue weighted by Gasteiger charge is 2.31. The zero-order valence-corrected chi connectivity index (χ0v) is 11.8. The normalized spacial score (nSPS) is 17.7. The first kappa shape index (κ1) is 13.3. The lowest BCUT2D eigenvalue weighted by Gasteiger charge is -2.25. The van der Waals surface area contributed by atoms with Crippen LogP contribution in [0.15, 0.2) is 16.6 Å². The van der Waals surface area contributed by atoms with Gasteiger partial charge in [-0.3, -0.25) is 4.79 Å². The summed E-state index contributed by atoms with van der Waals surface area (Å²) >= 11 is 3.19. The fourth-order valence-corrected chi connectivity index (χ4v) is 2.86. The second-order valence-corrected chi connectivity index (χ2v) is 5.93. The van der Waals surface area contributed by atoms with E-state index < -0.39 is 5.82 Å². The van der Waals surface area contributed by atoms with Crippen LogP contribution in [0, 0.1) is 5.82 Å². The van der Waals surface area contributed by atoms with Crippen molar-refractivity contribution < 1.29 is 9.18 Å². The van der Waals surface area contributed by atoms with Crippen molar-refractivity contribution in [3.8, 4) is 0 Å². The van der Waals surface area contributed by atoms with Crippen LogP contribution in [0.25, 0.3) is 0 Å². The minimum absolute atomic E-state index is 0.0140. The van der Waals surface area contributed by atoms with E-state index in [1.54, 1.807) is 0 Å². The van der Waals surface area contributed by atoms with E-state index in [1.807, 2.05) is 6.92 Å². The van der Waals surface area contributed by atoms with Crippen LogP contribution in [0.3, 0.4) is 0 Å². The van der Waals surface area contributed by atoms with Gasteiger partial charge in [-0.2, -0.15) is 0 Å². The minimum Gasteiger partial charge on any atom is -0.396 e. The molecule has 0 heterocycles. The monoisotopic (exact) mass is 314 g/mol. The number of nitrogen functional groups attached to an aromatic ring is 1. The molecule has 0 radical (unpaired) electrons. The van der Waals surface area contributed by atoms with Gasteiger partial charge in [-0.15, -0.1) is 0 Å². The van der Waals surface area contributed by atoms with E-state index in [2.05, 4.69) is 21.2 Å². The molecule has 98 valence electrons. The van der Waals surface area contributed by atoms with Crippen LogP contribution in [0.5, 0.6) is 0 Å². The van der Waals surface area contributed by atoms with Crippen LogP contribution in [0.1, 0.15) is 43.0 Å². The van der Waals surface area contributed by atoms with Gasteiger partial charge in [-0.1, -0.05) is 12.8 Å². The van der Waals surface area contributed by atoms with Crippen molar-refractivity contribution in [1.29, 1.82) is 0 Å². The number of hydrogen-bond acceptors (Lipinski definition) is 2. The zero-order valence-electron chi connectivity index (χ0n) is 10.2. The molecule has 1 amide bonds. The molecule has 2 rings (SSSR count). The Balaban J connectivity index is 2.21. The predicted octanol–water partition coefficient (Wildman–Crippen LogP) is 3.23. The molecule has 0 unspecified atom stereocenters. The fourth-order valence-electron chi connectivity index (χ4n) is 2.36. The number of nitrogens with one attached hydrogen (secondary N) is 1. The van der Waals surface area contributed by atoms with Gasteiger partial charge in [-0.05, 0) is 47.8 Å². The molecule has 0 atom stereocenters. The molecule has 1 aromatic carbocycles. The molecule has 3 N–H and O–H groups in total. The molecule has 18 heavy (non-hydrogen) atoms. The second kappa shape index (κ2) is 4.88. The molecule has 1 fully saturated rings. The topological polar surface area (TPSA) is 55.1 Å². The van der Waals surface area contributed by atoms with Crippen molar-refractivity contribution in [2.24, 2.45) is 0 Å². The highest BCUT2D eigenvalue weighted by atomic mass is 79.9. The Morgan fingerprint density at radius 3 is 2.67 bits per heavy atom. The number of amides is 1. The van der Waals surface area contributed by atoms with Crippen molar-refractivity contribution in [3.05, 3.63) is 28.0 Å². The van der Waals surface area contributed by atoms with E-state index in [4.69, 9.17) is 5.73 Å². The summed E-state index contributed by atoms with van der Waals surface area (Å²) < 4.78 is 13.6. The number of carbonyl (C=O) groups is 1. The van der Waals surface area contributed by atoms with Crippen LogP contribution < -0.4 is 11.1 Å². The summed E-state index contributed by atoms with van der Waals surface area (Å²) in [6, 6.07) is 2.59. The first-order valence-corrected chi connectivity index (χ1v) is 6.78. The van der Waals surface area contributed by atoms with Gasteiger partial charge in [0.25, 0.3) is 5.91 Å². The number of benzene rings is 1. The predicted molar refractivity (Wildman–Crippen MR) is 72.9 cm³/mol. The van der Waals surface area contributed by atoms with E-state index in [-0.39, 0.29) is 17.1 Å². The molecule has 0 spiro atoms. The molecule has 1 aromatic rings. The fraction of sp³-hybridized carbons (Fsp3) is 0.462. The first-order valence-electron chi connectivity index (χ1n) is 5.98. The Morgan fingerprint density at radius 1 is 1.44 bits per heavy atom. The van der Waals surface area contributed by atoms with Crippen molar-refractivity contribution in [2.75, 3.05) is 5.73 Å². The number of rotatable bonds is 2. The SMILES string of the molecule is CC1(NC(=O)c2cc(N)c(F)cc2Br)CCCC1. The van der Waals surface area contributed by atoms with Gasteiger partial charge < -0.3 is 11.1 Å². The number of anilines is 1. The molecule has 0 aliphatic heterocycles. The maximum absolute atomic E-state index is 13.2. The summed E-state index contributed by atoms with van der Waals surface area (Å²) in [5.41, 5.74) is 5.70. The van der Waals surface area contributed by atoms with Gasteiger partial charge in [0.2, 0.25) is 0 Å². The Bertz CT molecular complexity index is 484. The molecule has 1 aliphatic rings. The van der Waals surface area contributed by atoms with Gasteiger partial charge >= 0.3 is 0 Å². The maximum atomic E-state index is 13.2. The lowest BCUT2D eigenvalue weighted by molar-refractivity contribution is 0.0907. The zero-order chi connectivity index (χ0) is 13.3. The average Bonchev–Trinajstić information content (AvgIpc) is 2.70. The average molecular weight is 315 g/mol. The third kappa shape index (κ3) is 2.66. The Hall–Kier alpha value is -1.10. The highest BCUT2D eigenvalue weighted by molar-refractivity contribution is 9.10.